The van der Waals surface area contributed by atoms with Crippen molar-refractivity contribution in [3.63, 3.8) is 0 Å². The van der Waals surface area contributed by atoms with Crippen LogP contribution in [0, 0.1) is 10.6 Å². The first-order valence-corrected chi connectivity index (χ1v) is 6.81. The molecule has 0 amide bonds. The summed E-state index contributed by atoms with van der Waals surface area (Å²) in [7, 11) is 0. The Hall–Kier alpha value is -1.13. The van der Waals surface area contributed by atoms with Crippen LogP contribution in [0.2, 0.25) is 5.02 Å². The van der Waals surface area contributed by atoms with E-state index in [0.717, 1.165) is 16.7 Å². The Balaban J connectivity index is 1.80. The lowest BCUT2D eigenvalue weighted by Crippen LogP contribution is -2.15. The maximum atomic E-state index is 14.2. The Morgan fingerprint density at radius 3 is 3.16 bits per heavy atom. The van der Waals surface area contributed by atoms with Crippen LogP contribution in [0.1, 0.15) is 27.7 Å². The van der Waals surface area contributed by atoms with Gasteiger partial charge in [-0.1, -0.05) is 11.6 Å². The predicted octanol–water partition coefficient (Wildman–Crippen LogP) is 3.79. The number of aryl methyl sites for hydroxylation is 1. The molecule has 5 heteroatoms. The molecule has 1 fully saturated rings. The molecule has 2 aromatic rings. The van der Waals surface area contributed by atoms with Crippen LogP contribution in [0.15, 0.2) is 24.4 Å². The van der Waals surface area contributed by atoms with Gasteiger partial charge in [-0.2, -0.15) is 0 Å². The number of nitrogens with zero attached hydrogens (tertiary/aromatic N) is 2. The molecule has 2 nitrogen and oxygen atoms in total. The SMILES string of the molecule is [2H]C([2H])([2H])n1cc2n(c1=S)C[C@@]1(c3cc(Cl)ccc3F)C[C@@H]21. The van der Waals surface area contributed by atoms with Crippen molar-refractivity contribution in [2.24, 2.45) is 6.98 Å². The molecule has 98 valence electrons. The van der Waals surface area contributed by atoms with Gasteiger partial charge in [0.2, 0.25) is 0 Å². The van der Waals surface area contributed by atoms with Gasteiger partial charge in [0.1, 0.15) is 5.82 Å². The van der Waals surface area contributed by atoms with Gasteiger partial charge in [-0.05, 0) is 42.4 Å². The molecular weight excluding hydrogens is 283 g/mol. The highest BCUT2D eigenvalue weighted by atomic mass is 35.5. The molecule has 0 N–H and O–H groups in total. The molecule has 0 spiro atoms. The average molecular weight is 298 g/mol. The highest BCUT2D eigenvalue weighted by Gasteiger charge is 2.62. The Bertz CT molecular complexity index is 857. The molecule has 1 aromatic heterocycles. The summed E-state index contributed by atoms with van der Waals surface area (Å²) in [5, 5.41) is 0.504. The van der Waals surface area contributed by atoms with Crippen molar-refractivity contribution >= 4 is 23.8 Å². The van der Waals surface area contributed by atoms with Crippen LogP contribution in [0.3, 0.4) is 0 Å². The molecule has 2 atom stereocenters. The molecule has 0 bridgehead atoms. The van der Waals surface area contributed by atoms with Crippen molar-refractivity contribution in [2.45, 2.75) is 24.3 Å². The lowest BCUT2D eigenvalue weighted by atomic mass is 9.94. The molecule has 19 heavy (non-hydrogen) atoms. The zero-order chi connectivity index (χ0) is 15.9. The predicted molar refractivity (Wildman–Crippen MR) is 74.7 cm³/mol. The van der Waals surface area contributed by atoms with E-state index in [-0.39, 0.29) is 21.9 Å². The molecule has 0 unspecified atom stereocenters. The second-order valence-corrected chi connectivity index (χ2v) is 6.13. The molecule has 0 radical (unpaired) electrons. The van der Waals surface area contributed by atoms with E-state index in [2.05, 4.69) is 0 Å². The number of aromatic nitrogens is 2. The molecule has 1 aliphatic carbocycles. The highest BCUT2D eigenvalue weighted by Crippen LogP contribution is 2.66. The van der Waals surface area contributed by atoms with Crippen molar-refractivity contribution in [2.75, 3.05) is 0 Å². The fourth-order valence-corrected chi connectivity index (χ4v) is 3.74. The van der Waals surface area contributed by atoms with Crippen LogP contribution in [-0.4, -0.2) is 9.13 Å². The summed E-state index contributed by atoms with van der Waals surface area (Å²) < 4.78 is 40.0. The second kappa shape index (κ2) is 3.49. The van der Waals surface area contributed by atoms with E-state index in [0.29, 0.717) is 17.1 Å². The Morgan fingerprint density at radius 1 is 1.58 bits per heavy atom. The number of imidazole rings is 1. The third-order valence-electron chi connectivity index (χ3n) is 4.35. The van der Waals surface area contributed by atoms with E-state index >= 15 is 0 Å². The maximum Gasteiger partial charge on any atom is 0.179 e. The Morgan fingerprint density at radius 2 is 2.42 bits per heavy atom. The average Bonchev–Trinajstić information content (AvgIpc) is 2.92. The van der Waals surface area contributed by atoms with Gasteiger partial charge in [0.15, 0.2) is 4.77 Å². The van der Waals surface area contributed by atoms with Crippen LogP contribution < -0.4 is 0 Å². The number of rotatable bonds is 1. The van der Waals surface area contributed by atoms with E-state index in [1.807, 2.05) is 4.57 Å². The minimum Gasteiger partial charge on any atom is -0.327 e. The first kappa shape index (κ1) is 8.93. The quantitative estimate of drug-likeness (QED) is 0.728. The first-order chi connectivity index (χ1) is 10.2. The molecule has 4 rings (SSSR count). The third-order valence-corrected chi connectivity index (χ3v) is 5.00. The summed E-state index contributed by atoms with van der Waals surface area (Å²) in [5.74, 6) is -0.168. The summed E-state index contributed by atoms with van der Waals surface area (Å²) in [6.07, 6.45) is 2.39. The van der Waals surface area contributed by atoms with Crippen LogP contribution in [0.5, 0.6) is 0 Å². The zero-order valence-corrected chi connectivity index (χ0v) is 11.4. The summed E-state index contributed by atoms with van der Waals surface area (Å²) in [6.45, 7) is -1.78. The van der Waals surface area contributed by atoms with Gasteiger partial charge in [0.05, 0.1) is 0 Å². The van der Waals surface area contributed by atoms with Crippen LogP contribution >= 0.6 is 23.8 Å². The largest absolute Gasteiger partial charge is 0.327 e. The smallest absolute Gasteiger partial charge is 0.179 e. The van der Waals surface area contributed by atoms with Crippen molar-refractivity contribution in [1.82, 2.24) is 9.13 Å². The monoisotopic (exact) mass is 297 g/mol. The van der Waals surface area contributed by atoms with Crippen molar-refractivity contribution in [3.05, 3.63) is 51.3 Å². The maximum absolute atomic E-state index is 14.2. The highest BCUT2D eigenvalue weighted by molar-refractivity contribution is 7.71. The van der Waals surface area contributed by atoms with E-state index in [1.54, 1.807) is 12.3 Å². The van der Waals surface area contributed by atoms with Crippen molar-refractivity contribution < 1.29 is 8.50 Å². The first-order valence-electron chi connectivity index (χ1n) is 7.52. The standard InChI is InChI=1S/C14H12ClFN2S/c1-17-6-12-10-5-14(10,7-18(12)13(17)19)9-4-8(15)2-3-11(9)16/h2-4,6,10H,5,7H2,1H3/t10-,14+/m0/s1/i1D3. The van der Waals surface area contributed by atoms with E-state index in [4.69, 9.17) is 27.9 Å². The summed E-state index contributed by atoms with van der Waals surface area (Å²) in [4.78, 5) is 0. The molecule has 1 aliphatic heterocycles. The van der Waals surface area contributed by atoms with Crippen LogP contribution in [-0.2, 0) is 18.9 Å². The fraction of sp³-hybridized carbons (Fsp3) is 0.357. The van der Waals surface area contributed by atoms with Gasteiger partial charge in [-0.25, -0.2) is 4.39 Å². The molecule has 1 aromatic carbocycles. The number of benzene rings is 1. The summed E-state index contributed by atoms with van der Waals surface area (Å²) in [5.41, 5.74) is 1.15. The lowest BCUT2D eigenvalue weighted by molar-refractivity contribution is 0.527. The lowest BCUT2D eigenvalue weighted by Gasteiger charge is -2.14. The minimum absolute atomic E-state index is 0.103. The van der Waals surface area contributed by atoms with E-state index in [1.165, 1.54) is 12.1 Å². The molecule has 2 heterocycles. The van der Waals surface area contributed by atoms with Gasteiger partial charge in [0.25, 0.3) is 0 Å². The normalized spacial score (nSPS) is 30.2. The summed E-state index contributed by atoms with van der Waals surface area (Å²) in [6, 6.07) is 4.58. The van der Waals surface area contributed by atoms with E-state index < -0.39 is 6.98 Å². The minimum atomic E-state index is -2.28. The Labute approximate surface area is 124 Å². The van der Waals surface area contributed by atoms with Gasteiger partial charge < -0.3 is 9.13 Å². The number of fused-ring (bicyclic) bond motifs is 3. The summed E-state index contributed by atoms with van der Waals surface area (Å²) >= 11 is 11.3. The van der Waals surface area contributed by atoms with Gasteiger partial charge in [0, 0.05) is 45.9 Å². The molecule has 0 saturated heterocycles. The molecule has 2 aliphatic rings. The fourth-order valence-electron chi connectivity index (χ4n) is 3.35. The van der Waals surface area contributed by atoms with E-state index in [9.17, 15) is 4.39 Å². The van der Waals surface area contributed by atoms with Gasteiger partial charge in [-0.3, -0.25) is 0 Å². The number of halogens is 2. The molecule has 1 saturated carbocycles. The van der Waals surface area contributed by atoms with Gasteiger partial charge >= 0.3 is 0 Å². The molecular formula is C14H12ClFN2S. The zero-order valence-electron chi connectivity index (χ0n) is 12.9. The van der Waals surface area contributed by atoms with Crippen LogP contribution in [0.4, 0.5) is 4.39 Å². The van der Waals surface area contributed by atoms with Gasteiger partial charge in [-0.15, -0.1) is 0 Å². The number of hydrogen-bond donors (Lipinski definition) is 0. The van der Waals surface area contributed by atoms with Crippen molar-refractivity contribution in [1.29, 1.82) is 0 Å². The Kier molecular flexibility index (Phi) is 1.64. The topological polar surface area (TPSA) is 9.86 Å². The number of hydrogen-bond acceptors (Lipinski definition) is 1. The van der Waals surface area contributed by atoms with Crippen LogP contribution in [0.25, 0.3) is 0 Å². The third kappa shape index (κ3) is 1.39. The van der Waals surface area contributed by atoms with Crippen molar-refractivity contribution in [3.8, 4) is 0 Å². The second-order valence-electron chi connectivity index (χ2n) is 5.33.